The van der Waals surface area contributed by atoms with Crippen molar-refractivity contribution in [3.8, 4) is 0 Å². The van der Waals surface area contributed by atoms with E-state index in [4.69, 9.17) is 4.99 Å². The second-order valence-corrected chi connectivity index (χ2v) is 7.18. The highest BCUT2D eigenvalue weighted by atomic mass is 19.1. The number of benzene rings is 3. The maximum atomic E-state index is 13.8. The highest BCUT2D eigenvalue weighted by Crippen LogP contribution is 2.37. The largest absolute Gasteiger partial charge is 0.364 e. The Morgan fingerprint density at radius 1 is 0.821 bits per heavy atom. The van der Waals surface area contributed by atoms with Gasteiger partial charge in [0, 0.05) is 6.42 Å². The van der Waals surface area contributed by atoms with E-state index in [1.807, 2.05) is 24.3 Å². The third-order valence-corrected chi connectivity index (χ3v) is 5.22. The molecule has 0 amide bonds. The normalized spacial score (nSPS) is 18.6. The SMILES string of the molecule is Cc1ccccc1CCC1=N[C@@H](c2cccc(F)c2)[C@@H](c2cccc(F)c2)N1. The molecule has 142 valence electrons. The first-order chi connectivity index (χ1) is 13.6. The third-order valence-electron chi connectivity index (χ3n) is 5.22. The predicted octanol–water partition coefficient (Wildman–Crippen LogP) is 5.69. The molecule has 0 aliphatic carbocycles. The smallest absolute Gasteiger partial charge is 0.123 e. The van der Waals surface area contributed by atoms with Gasteiger partial charge in [0.15, 0.2) is 0 Å². The van der Waals surface area contributed by atoms with Gasteiger partial charge in [-0.3, -0.25) is 4.99 Å². The molecule has 1 N–H and O–H groups in total. The Balaban J connectivity index is 1.61. The molecular weight excluding hydrogens is 354 g/mol. The number of halogens is 2. The van der Waals surface area contributed by atoms with Crippen molar-refractivity contribution in [2.24, 2.45) is 4.99 Å². The number of amidine groups is 1. The number of rotatable bonds is 5. The first kappa shape index (κ1) is 18.4. The summed E-state index contributed by atoms with van der Waals surface area (Å²) in [7, 11) is 0. The molecule has 3 aromatic carbocycles. The van der Waals surface area contributed by atoms with E-state index >= 15 is 0 Å². The van der Waals surface area contributed by atoms with Crippen LogP contribution in [0.25, 0.3) is 0 Å². The summed E-state index contributed by atoms with van der Waals surface area (Å²) in [5, 5.41) is 3.45. The van der Waals surface area contributed by atoms with Crippen molar-refractivity contribution < 1.29 is 8.78 Å². The van der Waals surface area contributed by atoms with E-state index in [9.17, 15) is 8.78 Å². The summed E-state index contributed by atoms with van der Waals surface area (Å²) in [5.74, 6) is 0.288. The number of hydrogen-bond acceptors (Lipinski definition) is 2. The lowest BCUT2D eigenvalue weighted by molar-refractivity contribution is 0.555. The van der Waals surface area contributed by atoms with Crippen LogP contribution in [0.2, 0.25) is 0 Å². The van der Waals surface area contributed by atoms with Crippen LogP contribution in [-0.4, -0.2) is 5.84 Å². The number of nitrogens with one attached hydrogen (secondary N) is 1. The van der Waals surface area contributed by atoms with Crippen LogP contribution in [0.3, 0.4) is 0 Å². The number of aliphatic imine (C=N–C) groups is 1. The molecule has 0 fully saturated rings. The Labute approximate surface area is 164 Å². The summed E-state index contributed by atoms with van der Waals surface area (Å²) in [4.78, 5) is 4.85. The fourth-order valence-electron chi connectivity index (χ4n) is 3.74. The second kappa shape index (κ2) is 7.93. The molecule has 0 bridgehead atoms. The van der Waals surface area contributed by atoms with Crippen LogP contribution < -0.4 is 5.32 Å². The molecule has 1 aliphatic heterocycles. The first-order valence-electron chi connectivity index (χ1n) is 9.49. The predicted molar refractivity (Wildman–Crippen MR) is 108 cm³/mol. The third kappa shape index (κ3) is 3.96. The zero-order valence-corrected chi connectivity index (χ0v) is 15.7. The van der Waals surface area contributed by atoms with Crippen LogP contribution in [0.5, 0.6) is 0 Å². The van der Waals surface area contributed by atoms with Crippen molar-refractivity contribution in [2.75, 3.05) is 0 Å². The molecule has 0 spiro atoms. The Morgan fingerprint density at radius 2 is 1.50 bits per heavy atom. The van der Waals surface area contributed by atoms with E-state index in [-0.39, 0.29) is 23.7 Å². The van der Waals surface area contributed by atoms with Gasteiger partial charge in [-0.15, -0.1) is 0 Å². The van der Waals surface area contributed by atoms with E-state index in [1.165, 1.54) is 35.4 Å². The minimum Gasteiger partial charge on any atom is -0.364 e. The van der Waals surface area contributed by atoms with Crippen LogP contribution in [0, 0.1) is 18.6 Å². The maximum Gasteiger partial charge on any atom is 0.123 e. The molecule has 28 heavy (non-hydrogen) atoms. The second-order valence-electron chi connectivity index (χ2n) is 7.18. The Hall–Kier alpha value is -3.01. The minimum atomic E-state index is -0.293. The maximum absolute atomic E-state index is 13.8. The molecule has 1 aliphatic rings. The van der Waals surface area contributed by atoms with Crippen molar-refractivity contribution in [3.05, 3.63) is 107 Å². The molecule has 2 nitrogen and oxygen atoms in total. The van der Waals surface area contributed by atoms with Crippen molar-refractivity contribution in [2.45, 2.75) is 31.8 Å². The monoisotopic (exact) mass is 376 g/mol. The van der Waals surface area contributed by atoms with Gasteiger partial charge in [0.05, 0.1) is 11.9 Å². The number of hydrogen-bond donors (Lipinski definition) is 1. The van der Waals surface area contributed by atoms with Crippen molar-refractivity contribution in [1.82, 2.24) is 5.32 Å². The summed E-state index contributed by atoms with van der Waals surface area (Å²) in [5.41, 5.74) is 4.13. The zero-order chi connectivity index (χ0) is 19.5. The van der Waals surface area contributed by atoms with Gasteiger partial charge in [-0.25, -0.2) is 8.78 Å². The highest BCUT2D eigenvalue weighted by molar-refractivity contribution is 5.85. The Morgan fingerprint density at radius 3 is 2.21 bits per heavy atom. The van der Waals surface area contributed by atoms with Gasteiger partial charge < -0.3 is 5.32 Å². The van der Waals surface area contributed by atoms with Gasteiger partial charge in [-0.1, -0.05) is 48.5 Å². The van der Waals surface area contributed by atoms with Crippen LogP contribution in [0.15, 0.2) is 77.8 Å². The first-order valence-corrected chi connectivity index (χ1v) is 9.49. The summed E-state index contributed by atoms with van der Waals surface area (Å²) in [6.45, 7) is 2.10. The average Bonchev–Trinajstić information content (AvgIpc) is 3.12. The average molecular weight is 376 g/mol. The molecule has 0 unspecified atom stereocenters. The van der Waals surface area contributed by atoms with Gasteiger partial charge >= 0.3 is 0 Å². The standard InChI is InChI=1S/C24H22F2N2/c1-16-6-2-3-7-17(16)12-13-22-27-23(18-8-4-10-20(25)14-18)24(28-22)19-9-5-11-21(26)15-19/h2-11,14-15,23-24H,12-13H2,1H3,(H,27,28)/t23-,24+. The van der Waals surface area contributed by atoms with Gasteiger partial charge in [0.25, 0.3) is 0 Å². The molecular formula is C24H22F2N2. The van der Waals surface area contributed by atoms with E-state index in [0.29, 0.717) is 0 Å². The molecule has 4 heteroatoms. The Bertz CT molecular complexity index is 1010. The lowest BCUT2D eigenvalue weighted by atomic mass is 9.95. The summed E-state index contributed by atoms with van der Waals surface area (Å²) < 4.78 is 27.6. The zero-order valence-electron chi connectivity index (χ0n) is 15.7. The summed E-state index contributed by atoms with van der Waals surface area (Å²) in [6.07, 6.45) is 1.62. The Kier molecular flexibility index (Phi) is 5.20. The van der Waals surface area contributed by atoms with E-state index in [0.717, 1.165) is 29.8 Å². The summed E-state index contributed by atoms with van der Waals surface area (Å²) in [6, 6.07) is 20.8. The van der Waals surface area contributed by atoms with Crippen LogP contribution in [0.1, 0.15) is 40.8 Å². The lowest BCUT2D eigenvalue weighted by Gasteiger charge is -2.20. The molecule has 0 radical (unpaired) electrons. The van der Waals surface area contributed by atoms with Crippen molar-refractivity contribution in [1.29, 1.82) is 0 Å². The topological polar surface area (TPSA) is 24.4 Å². The fraction of sp³-hybridized carbons (Fsp3) is 0.208. The quantitative estimate of drug-likeness (QED) is 0.608. The van der Waals surface area contributed by atoms with Crippen LogP contribution in [-0.2, 0) is 6.42 Å². The van der Waals surface area contributed by atoms with E-state index < -0.39 is 0 Å². The number of aryl methyl sites for hydroxylation is 2. The van der Waals surface area contributed by atoms with Gasteiger partial charge in [0.1, 0.15) is 17.7 Å². The van der Waals surface area contributed by atoms with Gasteiger partial charge in [-0.2, -0.15) is 0 Å². The molecule has 4 rings (SSSR count). The fourth-order valence-corrected chi connectivity index (χ4v) is 3.74. The van der Waals surface area contributed by atoms with E-state index in [2.05, 4.69) is 24.4 Å². The number of nitrogens with zero attached hydrogens (tertiary/aromatic N) is 1. The van der Waals surface area contributed by atoms with Gasteiger partial charge in [0.2, 0.25) is 0 Å². The summed E-state index contributed by atoms with van der Waals surface area (Å²) >= 11 is 0. The van der Waals surface area contributed by atoms with Crippen LogP contribution >= 0.6 is 0 Å². The van der Waals surface area contributed by atoms with Gasteiger partial charge in [-0.05, 0) is 59.9 Å². The molecule has 1 heterocycles. The molecule has 0 aromatic heterocycles. The molecule has 0 saturated heterocycles. The van der Waals surface area contributed by atoms with Crippen molar-refractivity contribution in [3.63, 3.8) is 0 Å². The molecule has 2 atom stereocenters. The molecule has 3 aromatic rings. The van der Waals surface area contributed by atoms with Crippen molar-refractivity contribution >= 4 is 5.84 Å². The highest BCUT2D eigenvalue weighted by Gasteiger charge is 2.31. The molecule has 0 saturated carbocycles. The lowest BCUT2D eigenvalue weighted by Crippen LogP contribution is -2.25. The van der Waals surface area contributed by atoms with E-state index in [1.54, 1.807) is 12.1 Å². The minimum absolute atomic E-state index is 0.218. The van der Waals surface area contributed by atoms with Crippen LogP contribution in [0.4, 0.5) is 8.78 Å².